The highest BCUT2D eigenvalue weighted by atomic mass is 16.3. The van der Waals surface area contributed by atoms with Crippen LogP contribution in [0.1, 0.15) is 23.1 Å². The van der Waals surface area contributed by atoms with Crippen LogP contribution < -0.4 is 0 Å². The van der Waals surface area contributed by atoms with Crippen molar-refractivity contribution in [2.75, 3.05) is 6.61 Å². The molecule has 0 saturated heterocycles. The molecule has 13 heavy (non-hydrogen) atoms. The second-order valence-corrected chi connectivity index (χ2v) is 4.06. The topological polar surface area (TPSA) is 20.2 Å². The summed E-state index contributed by atoms with van der Waals surface area (Å²) in [5.41, 5.74) is 4.26. The van der Waals surface area contributed by atoms with E-state index in [4.69, 9.17) is 5.11 Å². The van der Waals surface area contributed by atoms with E-state index in [1.165, 1.54) is 16.7 Å². The summed E-state index contributed by atoms with van der Waals surface area (Å²) in [5, 5.41) is 9.09. The van der Waals surface area contributed by atoms with Gasteiger partial charge in [0.15, 0.2) is 0 Å². The highest BCUT2D eigenvalue weighted by Crippen LogP contribution is 2.25. The van der Waals surface area contributed by atoms with Gasteiger partial charge in [0.25, 0.3) is 0 Å². The van der Waals surface area contributed by atoms with Crippen LogP contribution in [-0.2, 0) is 12.8 Å². The lowest BCUT2D eigenvalue weighted by Crippen LogP contribution is -2.17. The zero-order chi connectivity index (χ0) is 9.26. The molecule has 0 amide bonds. The summed E-state index contributed by atoms with van der Waals surface area (Å²) in [6.07, 6.45) is 3.35. The molecule has 1 heteroatoms. The average Bonchev–Trinajstić information content (AvgIpc) is 2.16. The molecule has 1 aromatic rings. The van der Waals surface area contributed by atoms with Crippen LogP contribution in [0.2, 0.25) is 0 Å². The molecule has 1 nitrogen and oxygen atoms in total. The van der Waals surface area contributed by atoms with E-state index in [0.29, 0.717) is 12.5 Å². The van der Waals surface area contributed by atoms with Crippen molar-refractivity contribution in [2.45, 2.75) is 26.2 Å². The third kappa shape index (κ3) is 1.75. The molecule has 0 saturated carbocycles. The molecule has 0 spiro atoms. The summed E-state index contributed by atoms with van der Waals surface area (Å²) in [4.78, 5) is 0. The second-order valence-electron chi connectivity index (χ2n) is 4.06. The average molecular weight is 176 g/mol. The molecule has 0 heterocycles. The Morgan fingerprint density at radius 2 is 2.23 bits per heavy atom. The molecular weight excluding hydrogens is 160 g/mol. The number of rotatable bonds is 1. The number of hydrogen-bond acceptors (Lipinski definition) is 1. The van der Waals surface area contributed by atoms with Gasteiger partial charge in [-0.1, -0.05) is 23.8 Å². The van der Waals surface area contributed by atoms with Crippen LogP contribution in [0.4, 0.5) is 0 Å². The minimum absolute atomic E-state index is 0.341. The van der Waals surface area contributed by atoms with Gasteiger partial charge in [-0.05, 0) is 43.2 Å². The first-order valence-corrected chi connectivity index (χ1v) is 4.99. The number of aliphatic hydroxyl groups is 1. The summed E-state index contributed by atoms with van der Waals surface area (Å²) in [6.45, 7) is 2.47. The highest BCUT2D eigenvalue weighted by Gasteiger charge is 2.17. The molecule has 2 rings (SSSR count). The molecular formula is C12H16O. The van der Waals surface area contributed by atoms with Crippen molar-refractivity contribution < 1.29 is 5.11 Å². The van der Waals surface area contributed by atoms with Crippen LogP contribution in [0.3, 0.4) is 0 Å². The minimum Gasteiger partial charge on any atom is -0.396 e. The normalized spacial score (nSPS) is 21.2. The van der Waals surface area contributed by atoms with Crippen molar-refractivity contribution in [1.29, 1.82) is 0 Å². The summed E-state index contributed by atoms with van der Waals surface area (Å²) >= 11 is 0. The summed E-state index contributed by atoms with van der Waals surface area (Å²) in [6, 6.07) is 6.67. The standard InChI is InChI=1S/C12H16O/c1-9-2-4-11-5-3-10(8-13)7-12(11)6-9/h2,4,6,10,13H,3,5,7-8H2,1H3. The highest BCUT2D eigenvalue weighted by molar-refractivity contribution is 5.33. The number of fused-ring (bicyclic) bond motifs is 1. The maximum absolute atomic E-state index is 9.09. The van der Waals surface area contributed by atoms with Gasteiger partial charge >= 0.3 is 0 Å². The monoisotopic (exact) mass is 176 g/mol. The molecule has 0 aromatic heterocycles. The number of aliphatic hydroxyl groups excluding tert-OH is 1. The van der Waals surface area contributed by atoms with E-state index in [1.54, 1.807) is 0 Å². The van der Waals surface area contributed by atoms with Gasteiger partial charge in [0, 0.05) is 6.61 Å². The summed E-state index contributed by atoms with van der Waals surface area (Å²) in [7, 11) is 0. The maximum atomic E-state index is 9.09. The zero-order valence-electron chi connectivity index (χ0n) is 8.09. The Bertz CT molecular complexity index is 304. The molecule has 1 N–H and O–H groups in total. The van der Waals surface area contributed by atoms with Gasteiger partial charge < -0.3 is 5.11 Å². The zero-order valence-corrected chi connectivity index (χ0v) is 8.09. The van der Waals surface area contributed by atoms with Gasteiger partial charge in [-0.3, -0.25) is 0 Å². The minimum atomic E-state index is 0.341. The van der Waals surface area contributed by atoms with Crippen molar-refractivity contribution >= 4 is 0 Å². The Morgan fingerprint density at radius 1 is 1.38 bits per heavy atom. The van der Waals surface area contributed by atoms with Crippen LogP contribution >= 0.6 is 0 Å². The Kier molecular flexibility index (Phi) is 2.36. The van der Waals surface area contributed by atoms with Crippen LogP contribution in [-0.4, -0.2) is 11.7 Å². The first kappa shape index (κ1) is 8.76. The number of benzene rings is 1. The molecule has 0 fully saturated rings. The van der Waals surface area contributed by atoms with Gasteiger partial charge in [0.2, 0.25) is 0 Å². The lowest BCUT2D eigenvalue weighted by molar-refractivity contribution is 0.213. The van der Waals surface area contributed by atoms with Crippen molar-refractivity contribution in [3.05, 3.63) is 34.9 Å². The lowest BCUT2D eigenvalue weighted by Gasteiger charge is -2.23. The first-order chi connectivity index (χ1) is 6.29. The smallest absolute Gasteiger partial charge is 0.0462 e. The van der Waals surface area contributed by atoms with E-state index in [1.807, 2.05) is 0 Å². The molecule has 70 valence electrons. The van der Waals surface area contributed by atoms with Crippen molar-refractivity contribution in [1.82, 2.24) is 0 Å². The van der Waals surface area contributed by atoms with Crippen molar-refractivity contribution in [3.8, 4) is 0 Å². The maximum Gasteiger partial charge on any atom is 0.0462 e. The van der Waals surface area contributed by atoms with Gasteiger partial charge in [-0.25, -0.2) is 0 Å². The molecule has 1 atom stereocenters. The van der Waals surface area contributed by atoms with Crippen molar-refractivity contribution in [2.24, 2.45) is 5.92 Å². The molecule has 1 aliphatic carbocycles. The van der Waals surface area contributed by atoms with E-state index < -0.39 is 0 Å². The SMILES string of the molecule is Cc1ccc2c(c1)CC(CO)CC2. The molecule has 0 radical (unpaired) electrons. The predicted molar refractivity (Wildman–Crippen MR) is 53.8 cm³/mol. The Balaban J connectivity index is 2.27. The fourth-order valence-corrected chi connectivity index (χ4v) is 2.12. The summed E-state index contributed by atoms with van der Waals surface area (Å²) < 4.78 is 0. The fourth-order valence-electron chi connectivity index (χ4n) is 2.12. The van der Waals surface area contributed by atoms with Crippen LogP contribution in [0.15, 0.2) is 18.2 Å². The second kappa shape index (κ2) is 3.51. The summed E-state index contributed by atoms with van der Waals surface area (Å²) in [5.74, 6) is 0.495. The van der Waals surface area contributed by atoms with Gasteiger partial charge in [0.05, 0.1) is 0 Å². The predicted octanol–water partition coefficient (Wildman–Crippen LogP) is 2.09. The Labute approximate surface area is 79.4 Å². The molecule has 0 bridgehead atoms. The van der Waals surface area contributed by atoms with Crippen LogP contribution in [0.25, 0.3) is 0 Å². The van der Waals surface area contributed by atoms with E-state index in [2.05, 4.69) is 25.1 Å². The lowest BCUT2D eigenvalue weighted by atomic mass is 9.84. The van der Waals surface area contributed by atoms with Crippen molar-refractivity contribution in [3.63, 3.8) is 0 Å². The van der Waals surface area contributed by atoms with Gasteiger partial charge in [0.1, 0.15) is 0 Å². The third-order valence-electron chi connectivity index (χ3n) is 2.95. The van der Waals surface area contributed by atoms with Gasteiger partial charge in [-0.2, -0.15) is 0 Å². The van der Waals surface area contributed by atoms with E-state index >= 15 is 0 Å². The van der Waals surface area contributed by atoms with E-state index in [-0.39, 0.29) is 0 Å². The Hall–Kier alpha value is -0.820. The molecule has 1 unspecified atom stereocenters. The van der Waals surface area contributed by atoms with Crippen LogP contribution in [0.5, 0.6) is 0 Å². The first-order valence-electron chi connectivity index (χ1n) is 4.99. The van der Waals surface area contributed by atoms with E-state index in [9.17, 15) is 0 Å². The Morgan fingerprint density at radius 3 is 3.00 bits per heavy atom. The van der Waals surface area contributed by atoms with Crippen LogP contribution in [0, 0.1) is 12.8 Å². The van der Waals surface area contributed by atoms with Gasteiger partial charge in [-0.15, -0.1) is 0 Å². The fraction of sp³-hybridized carbons (Fsp3) is 0.500. The molecule has 0 aliphatic heterocycles. The largest absolute Gasteiger partial charge is 0.396 e. The number of aryl methyl sites for hydroxylation is 2. The molecule has 1 aromatic carbocycles. The quantitative estimate of drug-likeness (QED) is 0.694. The molecule has 1 aliphatic rings. The van der Waals surface area contributed by atoms with E-state index in [0.717, 1.165) is 19.3 Å². The third-order valence-corrected chi connectivity index (χ3v) is 2.95. The number of hydrogen-bond donors (Lipinski definition) is 1.